The predicted octanol–water partition coefficient (Wildman–Crippen LogP) is 3.24. The van der Waals surface area contributed by atoms with Crippen molar-refractivity contribution in [3.8, 4) is 11.5 Å². The molecule has 3 aromatic rings. The molecule has 0 bridgehead atoms. The summed E-state index contributed by atoms with van der Waals surface area (Å²) in [5.41, 5.74) is 4.12. The quantitative estimate of drug-likeness (QED) is 0.695. The van der Waals surface area contributed by atoms with Gasteiger partial charge in [0.05, 0.1) is 18.8 Å². The fraction of sp³-hybridized carbons (Fsp3) is 0.217. The van der Waals surface area contributed by atoms with Crippen molar-refractivity contribution in [2.75, 3.05) is 18.1 Å². The summed E-state index contributed by atoms with van der Waals surface area (Å²) in [6.45, 7) is 1.45. The van der Waals surface area contributed by atoms with Crippen LogP contribution in [0.4, 0.5) is 5.69 Å². The summed E-state index contributed by atoms with van der Waals surface area (Å²) in [7, 11) is 0. The zero-order chi connectivity index (χ0) is 18.7. The molecule has 6 rings (SSSR count). The molecule has 0 N–H and O–H groups in total. The monoisotopic (exact) mass is 370 g/mol. The Morgan fingerprint density at radius 2 is 1.89 bits per heavy atom. The minimum absolute atomic E-state index is 0.0527. The Bertz CT molecular complexity index is 1110. The van der Waals surface area contributed by atoms with E-state index in [9.17, 15) is 4.79 Å². The molecule has 4 heterocycles. The number of carbonyl (C=O) groups is 1. The Hall–Kier alpha value is -3.34. The highest BCUT2D eigenvalue weighted by molar-refractivity contribution is 6.11. The third-order valence-corrected chi connectivity index (χ3v) is 6.01. The number of carbonyl (C=O) groups excluding carboxylic acids is 1. The molecule has 1 amide bonds. The predicted molar refractivity (Wildman–Crippen MR) is 104 cm³/mol. The Kier molecular flexibility index (Phi) is 3.13. The molecular weight excluding hydrogens is 352 g/mol. The molecule has 0 aliphatic carbocycles. The highest BCUT2D eigenvalue weighted by atomic mass is 16.5. The van der Waals surface area contributed by atoms with E-state index in [2.05, 4.69) is 11.1 Å². The lowest BCUT2D eigenvalue weighted by molar-refractivity contribution is -0.122. The van der Waals surface area contributed by atoms with Gasteiger partial charge < -0.3 is 14.4 Å². The molecule has 5 nitrogen and oxygen atoms in total. The number of nitrogens with zero attached hydrogens (tertiary/aromatic N) is 2. The van der Waals surface area contributed by atoms with Crippen LogP contribution in [0.25, 0.3) is 0 Å². The topological polar surface area (TPSA) is 51.7 Å². The molecule has 0 radical (unpaired) electrons. The zero-order valence-corrected chi connectivity index (χ0v) is 15.2. The van der Waals surface area contributed by atoms with E-state index in [1.54, 1.807) is 6.20 Å². The summed E-state index contributed by atoms with van der Waals surface area (Å²) in [5.74, 6) is 1.68. The second kappa shape index (κ2) is 5.58. The summed E-state index contributed by atoms with van der Waals surface area (Å²) in [6, 6.07) is 17.9. The van der Waals surface area contributed by atoms with Crippen LogP contribution in [0, 0.1) is 0 Å². The number of benzene rings is 2. The van der Waals surface area contributed by atoms with E-state index in [1.165, 1.54) is 0 Å². The second-order valence-electron chi connectivity index (χ2n) is 7.48. The van der Waals surface area contributed by atoms with Crippen molar-refractivity contribution in [1.29, 1.82) is 0 Å². The van der Waals surface area contributed by atoms with Gasteiger partial charge in [-0.15, -0.1) is 0 Å². The molecule has 3 aliphatic rings. The van der Waals surface area contributed by atoms with E-state index in [-0.39, 0.29) is 5.91 Å². The van der Waals surface area contributed by atoms with E-state index < -0.39 is 5.41 Å². The lowest BCUT2D eigenvalue weighted by Crippen LogP contribution is -2.42. The van der Waals surface area contributed by atoms with Gasteiger partial charge in [0.2, 0.25) is 5.91 Å². The van der Waals surface area contributed by atoms with Gasteiger partial charge in [0.25, 0.3) is 0 Å². The molecule has 0 fully saturated rings. The molecule has 2 aromatic carbocycles. The Balaban J connectivity index is 1.52. The Labute approximate surface area is 162 Å². The maximum Gasteiger partial charge on any atom is 0.246 e. The van der Waals surface area contributed by atoms with Crippen molar-refractivity contribution in [2.24, 2.45) is 0 Å². The molecular formula is C23H18N2O3. The number of ether oxygens (including phenoxy) is 2. The van der Waals surface area contributed by atoms with Crippen LogP contribution in [-0.2, 0) is 23.2 Å². The largest absolute Gasteiger partial charge is 0.493 e. The molecule has 1 aromatic heterocycles. The van der Waals surface area contributed by atoms with Crippen molar-refractivity contribution >= 4 is 11.6 Å². The second-order valence-corrected chi connectivity index (χ2v) is 7.48. The Morgan fingerprint density at radius 3 is 2.79 bits per heavy atom. The van der Waals surface area contributed by atoms with E-state index in [0.717, 1.165) is 46.0 Å². The van der Waals surface area contributed by atoms with Gasteiger partial charge in [0, 0.05) is 29.9 Å². The lowest BCUT2D eigenvalue weighted by Gasteiger charge is -2.23. The molecule has 0 saturated heterocycles. The van der Waals surface area contributed by atoms with Crippen molar-refractivity contribution in [2.45, 2.75) is 18.4 Å². The number of para-hydroxylation sites is 1. The van der Waals surface area contributed by atoms with E-state index >= 15 is 0 Å². The summed E-state index contributed by atoms with van der Waals surface area (Å²) >= 11 is 0. The van der Waals surface area contributed by atoms with Gasteiger partial charge in [0.1, 0.15) is 23.5 Å². The number of anilines is 1. The Morgan fingerprint density at radius 1 is 1.00 bits per heavy atom. The van der Waals surface area contributed by atoms with Crippen LogP contribution in [0.3, 0.4) is 0 Å². The van der Waals surface area contributed by atoms with Crippen LogP contribution in [0.1, 0.15) is 22.4 Å². The summed E-state index contributed by atoms with van der Waals surface area (Å²) in [6.07, 6.45) is 2.63. The third-order valence-electron chi connectivity index (χ3n) is 6.01. The van der Waals surface area contributed by atoms with Gasteiger partial charge in [-0.2, -0.15) is 0 Å². The normalized spacial score (nSPS) is 21.3. The molecule has 1 atom stereocenters. The van der Waals surface area contributed by atoms with Gasteiger partial charge in [-0.1, -0.05) is 24.3 Å². The van der Waals surface area contributed by atoms with E-state index in [4.69, 9.17) is 9.47 Å². The van der Waals surface area contributed by atoms with Crippen LogP contribution in [-0.4, -0.2) is 24.1 Å². The van der Waals surface area contributed by atoms with Crippen LogP contribution in [0.15, 0.2) is 60.8 Å². The van der Waals surface area contributed by atoms with Crippen LogP contribution in [0.5, 0.6) is 11.5 Å². The fourth-order valence-corrected chi connectivity index (χ4v) is 4.66. The summed E-state index contributed by atoms with van der Waals surface area (Å²) in [4.78, 5) is 20.1. The SMILES string of the molecule is O=C1N(Cc2ccccn2)c2ccccc2[C@@]12COc1cc3c(cc12)CCO3. The first kappa shape index (κ1) is 15.7. The smallest absolute Gasteiger partial charge is 0.246 e. The van der Waals surface area contributed by atoms with Gasteiger partial charge in [-0.05, 0) is 35.4 Å². The average molecular weight is 370 g/mol. The minimum atomic E-state index is -0.793. The maximum atomic E-state index is 13.8. The number of hydrogen-bond donors (Lipinski definition) is 0. The number of rotatable bonds is 2. The van der Waals surface area contributed by atoms with Crippen molar-refractivity contribution in [3.05, 3.63) is 83.2 Å². The van der Waals surface area contributed by atoms with Crippen LogP contribution < -0.4 is 14.4 Å². The standard InChI is InChI=1S/C23H18N2O3/c26-22-23(14-28-21-12-20-15(8-10-27-20)11-18(21)23)17-6-1-2-7-19(17)25(22)13-16-5-3-4-9-24-16/h1-7,9,11-12H,8,10,13-14H2/t23-/m1/s1. The van der Waals surface area contributed by atoms with Crippen LogP contribution in [0.2, 0.25) is 0 Å². The number of fused-ring (bicyclic) bond motifs is 5. The first-order valence-electron chi connectivity index (χ1n) is 9.52. The molecule has 0 saturated carbocycles. The average Bonchev–Trinajstić information content (AvgIpc) is 3.40. The van der Waals surface area contributed by atoms with Gasteiger partial charge >= 0.3 is 0 Å². The van der Waals surface area contributed by atoms with Crippen molar-refractivity contribution in [1.82, 2.24) is 4.98 Å². The summed E-state index contributed by atoms with van der Waals surface area (Å²) in [5, 5.41) is 0. The molecule has 5 heteroatoms. The maximum absolute atomic E-state index is 13.8. The number of amides is 1. The zero-order valence-electron chi connectivity index (χ0n) is 15.2. The van der Waals surface area contributed by atoms with E-state index in [1.807, 2.05) is 53.4 Å². The summed E-state index contributed by atoms with van der Waals surface area (Å²) < 4.78 is 11.7. The van der Waals surface area contributed by atoms with E-state index in [0.29, 0.717) is 19.8 Å². The first-order valence-corrected chi connectivity index (χ1v) is 9.52. The fourth-order valence-electron chi connectivity index (χ4n) is 4.66. The highest BCUT2D eigenvalue weighted by Gasteiger charge is 2.57. The lowest BCUT2D eigenvalue weighted by atomic mass is 9.76. The first-order chi connectivity index (χ1) is 13.8. The molecule has 138 valence electrons. The molecule has 0 unspecified atom stereocenters. The van der Waals surface area contributed by atoms with Gasteiger partial charge in [0.15, 0.2) is 0 Å². The molecule has 1 spiro atoms. The highest BCUT2D eigenvalue weighted by Crippen LogP contribution is 2.54. The van der Waals surface area contributed by atoms with Crippen molar-refractivity contribution in [3.63, 3.8) is 0 Å². The third kappa shape index (κ3) is 1.96. The van der Waals surface area contributed by atoms with Crippen molar-refractivity contribution < 1.29 is 14.3 Å². The van der Waals surface area contributed by atoms with Crippen LogP contribution >= 0.6 is 0 Å². The molecule has 28 heavy (non-hydrogen) atoms. The minimum Gasteiger partial charge on any atom is -0.493 e. The van der Waals surface area contributed by atoms with Gasteiger partial charge in [-0.25, -0.2) is 0 Å². The number of aromatic nitrogens is 1. The van der Waals surface area contributed by atoms with Gasteiger partial charge in [-0.3, -0.25) is 9.78 Å². The number of hydrogen-bond acceptors (Lipinski definition) is 4. The molecule has 3 aliphatic heterocycles. The number of pyridine rings is 1.